The van der Waals surface area contributed by atoms with Crippen LogP contribution in [-0.2, 0) is 9.53 Å². The molecule has 1 fully saturated rings. The van der Waals surface area contributed by atoms with E-state index in [2.05, 4.69) is 5.32 Å². The Hall–Kier alpha value is -2.80. The fraction of sp³-hybridized carbons (Fsp3) is 0.333. The summed E-state index contributed by atoms with van der Waals surface area (Å²) in [6.45, 7) is 3.97. The summed E-state index contributed by atoms with van der Waals surface area (Å²) in [5, 5.41) is 3.84. The van der Waals surface area contributed by atoms with Crippen molar-refractivity contribution in [1.29, 1.82) is 0 Å². The number of rotatable bonds is 4. The number of anilines is 1. The van der Waals surface area contributed by atoms with Crippen molar-refractivity contribution in [3.8, 4) is 11.5 Å². The molecule has 2 heterocycles. The highest BCUT2D eigenvalue weighted by Gasteiger charge is 2.59. The molecule has 0 radical (unpaired) electrons. The second-order valence-corrected chi connectivity index (χ2v) is 7.28. The molecule has 4 rings (SSSR count). The largest absolute Gasteiger partial charge is 0.497 e. The number of thiocarbonyl (C=S) groups is 1. The Morgan fingerprint density at radius 1 is 1.29 bits per heavy atom. The molecule has 0 aliphatic carbocycles. The predicted molar refractivity (Wildman–Crippen MR) is 110 cm³/mol. The zero-order valence-electron chi connectivity index (χ0n) is 16.0. The normalized spacial score (nSPS) is 25.2. The van der Waals surface area contributed by atoms with E-state index in [9.17, 15) is 4.79 Å². The van der Waals surface area contributed by atoms with Crippen LogP contribution in [0, 0.1) is 5.92 Å². The smallest absolute Gasteiger partial charge is 0.317 e. The molecule has 6 nitrogen and oxygen atoms in total. The number of ether oxygens (including phenoxy) is 3. The zero-order chi connectivity index (χ0) is 19.9. The van der Waals surface area contributed by atoms with Crippen molar-refractivity contribution in [3.63, 3.8) is 0 Å². The second-order valence-electron chi connectivity index (χ2n) is 6.89. The van der Waals surface area contributed by atoms with Crippen molar-refractivity contribution >= 4 is 29.0 Å². The van der Waals surface area contributed by atoms with Crippen LogP contribution in [0.5, 0.6) is 11.5 Å². The number of methoxy groups -OCH3 is 1. The lowest BCUT2D eigenvalue weighted by molar-refractivity contribution is -0.159. The van der Waals surface area contributed by atoms with E-state index in [1.54, 1.807) is 14.0 Å². The minimum atomic E-state index is -1.06. The van der Waals surface area contributed by atoms with Crippen molar-refractivity contribution < 1.29 is 19.0 Å². The number of nitrogens with zero attached hydrogens (tertiary/aromatic N) is 1. The van der Waals surface area contributed by atoms with Crippen LogP contribution in [0.25, 0.3) is 0 Å². The van der Waals surface area contributed by atoms with E-state index in [-0.39, 0.29) is 12.0 Å². The first-order valence-corrected chi connectivity index (χ1v) is 9.59. The predicted octanol–water partition coefficient (Wildman–Crippen LogP) is 3.42. The highest BCUT2D eigenvalue weighted by molar-refractivity contribution is 7.80. The van der Waals surface area contributed by atoms with Crippen molar-refractivity contribution in [2.75, 3.05) is 18.6 Å². The molecule has 0 unspecified atom stereocenters. The van der Waals surface area contributed by atoms with E-state index in [0.29, 0.717) is 23.2 Å². The van der Waals surface area contributed by atoms with E-state index in [1.165, 1.54) is 0 Å². The van der Waals surface area contributed by atoms with Gasteiger partial charge in [-0.05, 0) is 50.3 Å². The molecule has 2 bridgehead atoms. The summed E-state index contributed by atoms with van der Waals surface area (Å²) in [5.41, 5.74) is 0.632. The highest BCUT2D eigenvalue weighted by atomic mass is 32.1. The topological polar surface area (TPSA) is 60.0 Å². The molecule has 7 heteroatoms. The van der Waals surface area contributed by atoms with Gasteiger partial charge in [-0.1, -0.05) is 18.2 Å². The Kier molecular flexibility index (Phi) is 4.63. The molecule has 2 aromatic carbocycles. The standard InChI is InChI=1S/C21H22N2O4S/c1-4-26-19(24)17-18-15-11-10-14(25-3)12-16(15)27-21(17,2)23(20(28)22-18)13-8-6-5-7-9-13/h5-12,17-18H,4H2,1-3H3,(H,22,28)/t17-,18+,21-/m0/s1. The fourth-order valence-corrected chi connectivity index (χ4v) is 4.46. The molecule has 0 spiro atoms. The second kappa shape index (κ2) is 6.98. The molecule has 1 N–H and O–H groups in total. The number of carbonyl (C=O) groups excluding carboxylic acids is 1. The molecular formula is C21H22N2O4S. The number of hydrogen-bond acceptors (Lipinski definition) is 5. The molecule has 3 atom stereocenters. The number of hydrogen-bond donors (Lipinski definition) is 1. The summed E-state index contributed by atoms with van der Waals surface area (Å²) in [5.74, 6) is 0.403. The van der Waals surface area contributed by atoms with Crippen molar-refractivity contribution in [2.45, 2.75) is 25.6 Å². The van der Waals surface area contributed by atoms with Crippen LogP contribution < -0.4 is 19.7 Å². The molecule has 28 heavy (non-hydrogen) atoms. The van der Waals surface area contributed by atoms with Crippen LogP contribution in [0.1, 0.15) is 25.5 Å². The third-order valence-corrected chi connectivity index (χ3v) is 5.56. The summed E-state index contributed by atoms with van der Waals surface area (Å²) in [7, 11) is 1.61. The third kappa shape index (κ3) is 2.77. The zero-order valence-corrected chi connectivity index (χ0v) is 16.8. The molecule has 1 saturated heterocycles. The molecule has 0 amide bonds. The molecular weight excluding hydrogens is 376 g/mol. The maximum absolute atomic E-state index is 13.0. The van der Waals surface area contributed by atoms with Crippen molar-refractivity contribution in [3.05, 3.63) is 54.1 Å². The maximum Gasteiger partial charge on any atom is 0.317 e. The molecule has 2 aliphatic rings. The summed E-state index contributed by atoms with van der Waals surface area (Å²) < 4.78 is 17.2. The van der Waals surface area contributed by atoms with Gasteiger partial charge < -0.3 is 19.5 Å². The van der Waals surface area contributed by atoms with E-state index in [1.807, 2.05) is 60.4 Å². The first-order valence-electron chi connectivity index (χ1n) is 9.19. The van der Waals surface area contributed by atoms with E-state index in [0.717, 1.165) is 11.3 Å². The number of nitrogens with one attached hydrogen (secondary N) is 1. The van der Waals surface area contributed by atoms with E-state index >= 15 is 0 Å². The van der Waals surface area contributed by atoms with Crippen molar-refractivity contribution in [2.24, 2.45) is 5.92 Å². The van der Waals surface area contributed by atoms with Crippen LogP contribution in [0.2, 0.25) is 0 Å². The Bertz CT molecular complexity index is 920. The Balaban J connectivity index is 1.89. The third-order valence-electron chi connectivity index (χ3n) is 5.26. The Morgan fingerprint density at radius 3 is 2.71 bits per heavy atom. The minimum Gasteiger partial charge on any atom is -0.497 e. The lowest BCUT2D eigenvalue weighted by atomic mass is 9.79. The highest BCUT2D eigenvalue weighted by Crippen LogP contribution is 2.50. The van der Waals surface area contributed by atoms with Gasteiger partial charge in [0.05, 0.1) is 19.8 Å². The number of fused-ring (bicyclic) bond motifs is 4. The van der Waals surface area contributed by atoms with Gasteiger partial charge in [-0.2, -0.15) is 0 Å². The molecule has 0 saturated carbocycles. The molecule has 146 valence electrons. The van der Waals surface area contributed by atoms with Crippen LogP contribution >= 0.6 is 12.2 Å². The van der Waals surface area contributed by atoms with E-state index in [4.69, 9.17) is 26.4 Å². The molecule has 2 aromatic rings. The summed E-state index contributed by atoms with van der Waals surface area (Å²) in [6, 6.07) is 14.9. The van der Waals surface area contributed by atoms with Gasteiger partial charge >= 0.3 is 5.97 Å². The number of esters is 1. The van der Waals surface area contributed by atoms with Crippen LogP contribution in [0.15, 0.2) is 48.5 Å². The number of para-hydroxylation sites is 1. The van der Waals surface area contributed by atoms with Gasteiger partial charge in [0.1, 0.15) is 17.4 Å². The summed E-state index contributed by atoms with van der Waals surface area (Å²) in [4.78, 5) is 14.8. The molecule has 2 aliphatic heterocycles. The summed E-state index contributed by atoms with van der Waals surface area (Å²) in [6.07, 6.45) is 0. The quantitative estimate of drug-likeness (QED) is 0.625. The van der Waals surface area contributed by atoms with Gasteiger partial charge in [0.15, 0.2) is 5.11 Å². The summed E-state index contributed by atoms with van der Waals surface area (Å²) >= 11 is 5.68. The lowest BCUT2D eigenvalue weighted by Crippen LogP contribution is -2.71. The first kappa shape index (κ1) is 18.6. The lowest BCUT2D eigenvalue weighted by Gasteiger charge is -2.55. The fourth-order valence-electron chi connectivity index (χ4n) is 4.04. The number of carbonyl (C=O) groups is 1. The van der Waals surface area contributed by atoms with Gasteiger partial charge in [-0.25, -0.2) is 0 Å². The molecule has 0 aromatic heterocycles. The maximum atomic E-state index is 13.0. The Labute approximate surface area is 169 Å². The van der Waals surface area contributed by atoms with Gasteiger partial charge in [-0.15, -0.1) is 0 Å². The Morgan fingerprint density at radius 2 is 2.04 bits per heavy atom. The SMILES string of the molecule is CCOC(=O)[C@@H]1[C@@H]2NC(=S)N(c3ccccc3)[C@@]1(C)Oc1cc(OC)ccc12. The average molecular weight is 398 g/mol. The van der Waals surface area contributed by atoms with Gasteiger partial charge in [0, 0.05) is 17.3 Å². The van der Waals surface area contributed by atoms with Crippen LogP contribution in [0.3, 0.4) is 0 Å². The van der Waals surface area contributed by atoms with Gasteiger partial charge in [0.2, 0.25) is 5.72 Å². The monoisotopic (exact) mass is 398 g/mol. The minimum absolute atomic E-state index is 0.295. The van der Waals surface area contributed by atoms with Crippen LogP contribution in [0.4, 0.5) is 5.69 Å². The first-order chi connectivity index (χ1) is 13.5. The van der Waals surface area contributed by atoms with E-state index < -0.39 is 11.6 Å². The number of benzene rings is 2. The van der Waals surface area contributed by atoms with Gasteiger partial charge in [0.25, 0.3) is 0 Å². The van der Waals surface area contributed by atoms with Crippen molar-refractivity contribution in [1.82, 2.24) is 5.32 Å². The van der Waals surface area contributed by atoms with Crippen LogP contribution in [-0.4, -0.2) is 30.5 Å². The van der Waals surface area contributed by atoms with Gasteiger partial charge in [-0.3, -0.25) is 9.69 Å². The average Bonchev–Trinajstić information content (AvgIpc) is 2.67.